The molecule has 1 amide bonds. The second kappa shape index (κ2) is 14.1. The molecule has 0 saturated carbocycles. The quantitative estimate of drug-likeness (QED) is 0.206. The molecule has 0 saturated heterocycles. The zero-order chi connectivity index (χ0) is 25.6. The summed E-state index contributed by atoms with van der Waals surface area (Å²) >= 11 is 0. The molecule has 0 aliphatic carbocycles. The summed E-state index contributed by atoms with van der Waals surface area (Å²) in [6.45, 7) is 10.5. The second-order valence-corrected chi connectivity index (χ2v) is 7.27. The van der Waals surface area contributed by atoms with Gasteiger partial charge in [-0.1, -0.05) is 44.7 Å². The number of amides is 1. The van der Waals surface area contributed by atoms with Crippen LogP contribution in [0.25, 0.3) is 0 Å². The van der Waals surface area contributed by atoms with Crippen LogP contribution in [0, 0.1) is 12.7 Å². The lowest BCUT2D eigenvalue weighted by molar-refractivity contribution is -0.111. The number of aromatic nitrogens is 2. The smallest absolute Gasteiger partial charge is 0.248 e. The molecule has 3 aromatic rings. The third kappa shape index (κ3) is 9.65. The Morgan fingerprint density at radius 2 is 1.77 bits per heavy atom. The van der Waals surface area contributed by atoms with Crippen molar-refractivity contribution >= 4 is 34.7 Å². The van der Waals surface area contributed by atoms with Crippen LogP contribution in [-0.2, 0) is 4.79 Å². The van der Waals surface area contributed by atoms with Gasteiger partial charge in [0.15, 0.2) is 11.6 Å². The third-order valence-electron chi connectivity index (χ3n) is 4.29. The van der Waals surface area contributed by atoms with E-state index in [4.69, 9.17) is 5.73 Å². The number of nitrogens with zero attached hydrogens (tertiary/aromatic N) is 2. The number of anilines is 5. The number of halogens is 1. The Balaban J connectivity index is 0.00000210. The molecule has 1 heterocycles. The number of carbonyl (C=O) groups excluding carboxylic acids is 1. The van der Waals surface area contributed by atoms with Crippen molar-refractivity contribution in [3.63, 3.8) is 0 Å². The largest absolute Gasteiger partial charge is 0.401 e. The maximum Gasteiger partial charge on any atom is 0.248 e. The summed E-state index contributed by atoms with van der Waals surface area (Å²) in [5.41, 5.74) is 8.97. The van der Waals surface area contributed by atoms with Gasteiger partial charge in [-0.2, -0.15) is 4.98 Å². The number of carbonyl (C=O) groups is 1. The van der Waals surface area contributed by atoms with Crippen LogP contribution >= 0.6 is 0 Å². The molecule has 2 aromatic carbocycles. The van der Waals surface area contributed by atoms with Gasteiger partial charge in [-0.25, -0.2) is 9.37 Å². The molecule has 0 unspecified atom stereocenters. The Morgan fingerprint density at radius 3 is 2.49 bits per heavy atom. The van der Waals surface area contributed by atoms with Gasteiger partial charge in [0.2, 0.25) is 11.9 Å². The minimum atomic E-state index is -0.569. The van der Waals surface area contributed by atoms with Gasteiger partial charge >= 0.3 is 0 Å². The summed E-state index contributed by atoms with van der Waals surface area (Å²) in [4.78, 5) is 20.3. The first-order chi connectivity index (χ1) is 16.9. The number of hydrogen-bond acceptors (Lipinski definition) is 7. The number of benzene rings is 2. The lowest BCUT2D eigenvalue weighted by Gasteiger charge is -2.11. The van der Waals surface area contributed by atoms with Crippen LogP contribution in [0.4, 0.5) is 33.2 Å². The topological polar surface area (TPSA) is 117 Å². The Hall–Kier alpha value is -4.24. The molecule has 184 valence electrons. The van der Waals surface area contributed by atoms with E-state index in [0.717, 1.165) is 17.4 Å². The van der Waals surface area contributed by atoms with E-state index in [9.17, 15) is 9.18 Å². The summed E-state index contributed by atoms with van der Waals surface area (Å²) in [6.07, 6.45) is 4.21. The van der Waals surface area contributed by atoms with Crippen LogP contribution in [0.1, 0.15) is 19.4 Å². The summed E-state index contributed by atoms with van der Waals surface area (Å²) in [5.74, 6) is -0.578. The number of nitrogens with one attached hydrogen (secondary N) is 4. The maximum absolute atomic E-state index is 14.2. The first-order valence-electron chi connectivity index (χ1n) is 11.2. The molecule has 0 aliphatic rings. The van der Waals surface area contributed by atoms with Crippen molar-refractivity contribution in [2.75, 3.05) is 29.0 Å². The van der Waals surface area contributed by atoms with Gasteiger partial charge < -0.3 is 27.0 Å². The SMILES string of the molecule is C=C(N)CNC/C=C/C(=O)Nc1cccc(Nc2ncc(F)c(Nc3cccc(C)c3)n2)c1.CC. The summed E-state index contributed by atoms with van der Waals surface area (Å²) in [5, 5.41) is 11.8. The fourth-order valence-corrected chi connectivity index (χ4v) is 2.84. The van der Waals surface area contributed by atoms with E-state index < -0.39 is 5.82 Å². The predicted octanol–water partition coefficient (Wildman–Crippen LogP) is 4.99. The van der Waals surface area contributed by atoms with Crippen molar-refractivity contribution in [1.29, 1.82) is 0 Å². The molecular formula is C26H32FN7O. The van der Waals surface area contributed by atoms with E-state index in [0.29, 0.717) is 30.2 Å². The van der Waals surface area contributed by atoms with Gasteiger partial charge in [0.05, 0.1) is 6.20 Å². The second-order valence-electron chi connectivity index (χ2n) is 7.27. The Bertz CT molecular complexity index is 1160. The van der Waals surface area contributed by atoms with E-state index in [2.05, 4.69) is 37.8 Å². The number of nitrogens with two attached hydrogens (primary N) is 1. The van der Waals surface area contributed by atoms with E-state index in [-0.39, 0.29) is 17.7 Å². The first-order valence-corrected chi connectivity index (χ1v) is 11.2. The van der Waals surface area contributed by atoms with Gasteiger partial charge in [0, 0.05) is 41.9 Å². The van der Waals surface area contributed by atoms with E-state index in [1.165, 1.54) is 6.08 Å². The van der Waals surface area contributed by atoms with Gasteiger partial charge in [-0.3, -0.25) is 4.79 Å². The summed E-state index contributed by atoms with van der Waals surface area (Å²) in [6, 6.07) is 14.6. The molecule has 1 aromatic heterocycles. The average Bonchev–Trinajstić information content (AvgIpc) is 2.82. The van der Waals surface area contributed by atoms with Crippen LogP contribution < -0.4 is 27.0 Å². The highest BCUT2D eigenvalue weighted by atomic mass is 19.1. The van der Waals surface area contributed by atoms with E-state index >= 15 is 0 Å². The molecule has 0 atom stereocenters. The molecule has 0 bridgehead atoms. The third-order valence-corrected chi connectivity index (χ3v) is 4.29. The highest BCUT2D eigenvalue weighted by Crippen LogP contribution is 2.22. The maximum atomic E-state index is 14.2. The zero-order valence-electron chi connectivity index (χ0n) is 20.2. The number of rotatable bonds is 10. The van der Waals surface area contributed by atoms with E-state index in [1.54, 1.807) is 30.3 Å². The molecule has 0 fully saturated rings. The molecule has 0 aliphatic heterocycles. The molecule has 9 heteroatoms. The van der Waals surface area contributed by atoms with Crippen LogP contribution in [0.5, 0.6) is 0 Å². The van der Waals surface area contributed by atoms with Gasteiger partial charge in [0.1, 0.15) is 0 Å². The van der Waals surface area contributed by atoms with Crippen molar-refractivity contribution in [2.45, 2.75) is 20.8 Å². The van der Waals surface area contributed by atoms with Crippen molar-refractivity contribution in [2.24, 2.45) is 5.73 Å². The van der Waals surface area contributed by atoms with Crippen molar-refractivity contribution in [3.05, 3.63) is 90.5 Å². The van der Waals surface area contributed by atoms with Crippen molar-refractivity contribution in [3.8, 4) is 0 Å². The number of hydrogen-bond donors (Lipinski definition) is 5. The minimum absolute atomic E-state index is 0.0551. The lowest BCUT2D eigenvalue weighted by atomic mass is 10.2. The lowest BCUT2D eigenvalue weighted by Crippen LogP contribution is -2.20. The molecule has 6 N–H and O–H groups in total. The molecule has 3 rings (SSSR count). The predicted molar refractivity (Wildman–Crippen MR) is 141 cm³/mol. The monoisotopic (exact) mass is 477 g/mol. The molecule has 0 radical (unpaired) electrons. The first kappa shape index (κ1) is 27.0. The fourth-order valence-electron chi connectivity index (χ4n) is 2.84. The normalized spacial score (nSPS) is 10.3. The Labute approximate surface area is 205 Å². The molecule has 35 heavy (non-hydrogen) atoms. The van der Waals surface area contributed by atoms with Crippen LogP contribution in [0.3, 0.4) is 0 Å². The van der Waals surface area contributed by atoms with Crippen molar-refractivity contribution in [1.82, 2.24) is 15.3 Å². The standard InChI is InChI=1S/C24H26FN7O.C2H6/c1-16-6-3-7-18(12-16)30-23-21(25)15-28-24(32-23)31-20-9-4-8-19(13-20)29-22(33)10-5-11-27-14-17(2)26;1-2/h3-10,12-13,15,27H,2,11,14,26H2,1H3,(H,29,33)(H2,28,30,31,32);1-2H3/b10-5+;. The van der Waals surface area contributed by atoms with Gasteiger partial charge in [-0.05, 0) is 42.8 Å². The highest BCUT2D eigenvalue weighted by molar-refractivity contribution is 5.99. The zero-order valence-corrected chi connectivity index (χ0v) is 20.2. The molecule has 0 spiro atoms. The summed E-state index contributed by atoms with van der Waals surface area (Å²) < 4.78 is 14.2. The van der Waals surface area contributed by atoms with Gasteiger partial charge in [-0.15, -0.1) is 0 Å². The molecule has 8 nitrogen and oxygen atoms in total. The van der Waals surface area contributed by atoms with Crippen LogP contribution in [0.2, 0.25) is 0 Å². The number of aryl methyl sites for hydroxylation is 1. The highest BCUT2D eigenvalue weighted by Gasteiger charge is 2.09. The summed E-state index contributed by atoms with van der Waals surface area (Å²) in [7, 11) is 0. The Morgan fingerprint density at radius 1 is 1.09 bits per heavy atom. The fraction of sp³-hybridized carbons (Fsp3) is 0.192. The van der Waals surface area contributed by atoms with E-state index in [1.807, 2.05) is 45.0 Å². The molecular weight excluding hydrogens is 445 g/mol. The minimum Gasteiger partial charge on any atom is -0.401 e. The van der Waals surface area contributed by atoms with Crippen LogP contribution in [-0.4, -0.2) is 29.0 Å². The Kier molecular flexibility index (Phi) is 10.9. The van der Waals surface area contributed by atoms with Crippen LogP contribution in [0.15, 0.2) is 79.2 Å². The van der Waals surface area contributed by atoms with Gasteiger partial charge in [0.25, 0.3) is 0 Å². The van der Waals surface area contributed by atoms with Crippen molar-refractivity contribution < 1.29 is 9.18 Å². The average molecular weight is 478 g/mol.